The molecule has 0 aliphatic heterocycles. The highest BCUT2D eigenvalue weighted by Gasteiger charge is 2.16. The average molecular weight is 403 g/mol. The zero-order valence-corrected chi connectivity index (χ0v) is 16.4. The van der Waals surface area contributed by atoms with Gasteiger partial charge in [0.25, 0.3) is 5.91 Å². The molecule has 0 fully saturated rings. The van der Waals surface area contributed by atoms with E-state index in [1.807, 2.05) is 49.5 Å². The summed E-state index contributed by atoms with van der Waals surface area (Å²) in [7, 11) is 1.84. The van der Waals surface area contributed by atoms with Crippen molar-refractivity contribution in [2.45, 2.75) is 0 Å². The Morgan fingerprint density at radius 2 is 2.00 bits per heavy atom. The minimum atomic E-state index is -0.368. The Labute approximate surface area is 173 Å². The predicted molar refractivity (Wildman–Crippen MR) is 113 cm³/mol. The Morgan fingerprint density at radius 1 is 1.17 bits per heavy atom. The van der Waals surface area contributed by atoms with Crippen LogP contribution in [0.2, 0.25) is 0 Å². The fourth-order valence-corrected chi connectivity index (χ4v) is 3.06. The molecule has 4 rings (SSSR count). The van der Waals surface area contributed by atoms with Gasteiger partial charge in [-0.15, -0.1) is 0 Å². The van der Waals surface area contributed by atoms with Crippen LogP contribution in [0.3, 0.4) is 0 Å². The normalized spacial score (nSPS) is 10.7. The highest BCUT2D eigenvalue weighted by molar-refractivity contribution is 6.03. The summed E-state index contributed by atoms with van der Waals surface area (Å²) in [6.45, 7) is 0.789. The van der Waals surface area contributed by atoms with Crippen LogP contribution in [0.25, 0.3) is 22.6 Å². The van der Waals surface area contributed by atoms with E-state index in [0.29, 0.717) is 30.3 Å². The van der Waals surface area contributed by atoms with Gasteiger partial charge >= 0.3 is 0 Å². The van der Waals surface area contributed by atoms with Crippen molar-refractivity contribution in [3.05, 3.63) is 72.6 Å². The molecule has 0 atom stereocenters. The van der Waals surface area contributed by atoms with E-state index in [1.54, 1.807) is 29.1 Å². The first-order valence-electron chi connectivity index (χ1n) is 9.44. The fourth-order valence-electron chi connectivity index (χ4n) is 3.06. The summed E-state index contributed by atoms with van der Waals surface area (Å²) in [5.41, 5.74) is 8.86. The van der Waals surface area contributed by atoms with Crippen molar-refractivity contribution in [3.63, 3.8) is 0 Å². The lowest BCUT2D eigenvalue weighted by Crippen LogP contribution is -2.13. The van der Waals surface area contributed by atoms with Gasteiger partial charge in [0, 0.05) is 42.7 Å². The minimum absolute atomic E-state index is 0.194. The van der Waals surface area contributed by atoms with Crippen LogP contribution in [-0.2, 0) is 7.05 Å². The monoisotopic (exact) mass is 403 g/mol. The van der Waals surface area contributed by atoms with Crippen molar-refractivity contribution >= 4 is 11.6 Å². The highest BCUT2D eigenvalue weighted by atomic mass is 16.5. The molecular formula is C22H21N5O3. The Kier molecular flexibility index (Phi) is 5.58. The molecular weight excluding hydrogens is 382 g/mol. The molecule has 30 heavy (non-hydrogen) atoms. The lowest BCUT2D eigenvalue weighted by atomic mass is 10.1. The van der Waals surface area contributed by atoms with Crippen LogP contribution in [0, 0.1) is 0 Å². The van der Waals surface area contributed by atoms with Crippen molar-refractivity contribution in [1.29, 1.82) is 0 Å². The third kappa shape index (κ3) is 4.08. The van der Waals surface area contributed by atoms with Crippen LogP contribution >= 0.6 is 0 Å². The SMILES string of the molecule is Cn1nccc1-c1cc(NC(=O)c2cc(-c3ccccc3)on2)ccc1OCCN. The molecule has 2 aromatic heterocycles. The summed E-state index contributed by atoms with van der Waals surface area (Å²) in [5.74, 6) is 0.823. The summed E-state index contributed by atoms with van der Waals surface area (Å²) in [6, 6.07) is 18.4. The number of amides is 1. The Balaban J connectivity index is 1.58. The number of benzene rings is 2. The second-order valence-corrected chi connectivity index (χ2v) is 6.58. The van der Waals surface area contributed by atoms with Crippen molar-refractivity contribution in [1.82, 2.24) is 14.9 Å². The van der Waals surface area contributed by atoms with E-state index in [0.717, 1.165) is 16.8 Å². The Bertz CT molecular complexity index is 1150. The second kappa shape index (κ2) is 8.62. The molecule has 0 aliphatic rings. The maximum absolute atomic E-state index is 12.7. The summed E-state index contributed by atoms with van der Waals surface area (Å²) in [4.78, 5) is 12.7. The van der Waals surface area contributed by atoms with Gasteiger partial charge in [-0.05, 0) is 24.3 Å². The molecule has 0 spiro atoms. The van der Waals surface area contributed by atoms with Crippen molar-refractivity contribution in [2.75, 3.05) is 18.5 Å². The molecule has 4 aromatic rings. The summed E-state index contributed by atoms with van der Waals surface area (Å²) >= 11 is 0. The number of carbonyl (C=O) groups is 1. The first kappa shape index (κ1) is 19.4. The van der Waals surface area contributed by atoms with Gasteiger partial charge in [-0.2, -0.15) is 5.10 Å². The molecule has 8 nitrogen and oxygen atoms in total. The molecule has 2 aromatic carbocycles. The van der Waals surface area contributed by atoms with Crippen molar-refractivity contribution < 1.29 is 14.1 Å². The molecule has 0 aliphatic carbocycles. The first-order valence-corrected chi connectivity index (χ1v) is 9.44. The number of ether oxygens (including phenoxy) is 1. The largest absolute Gasteiger partial charge is 0.492 e. The first-order chi connectivity index (χ1) is 14.7. The zero-order valence-electron chi connectivity index (χ0n) is 16.4. The molecule has 0 bridgehead atoms. The van der Waals surface area contributed by atoms with Crippen LogP contribution in [0.15, 0.2) is 71.4 Å². The number of hydrogen-bond acceptors (Lipinski definition) is 6. The van der Waals surface area contributed by atoms with Crippen LogP contribution in [0.5, 0.6) is 5.75 Å². The molecule has 8 heteroatoms. The van der Waals surface area contributed by atoms with Crippen LogP contribution < -0.4 is 15.8 Å². The lowest BCUT2D eigenvalue weighted by molar-refractivity contribution is 0.101. The molecule has 0 radical (unpaired) electrons. The van der Waals surface area contributed by atoms with E-state index in [-0.39, 0.29) is 11.6 Å². The average Bonchev–Trinajstić information content (AvgIpc) is 3.43. The van der Waals surface area contributed by atoms with Gasteiger partial charge in [0.05, 0.1) is 5.69 Å². The van der Waals surface area contributed by atoms with Gasteiger partial charge in [0.1, 0.15) is 12.4 Å². The molecule has 0 saturated carbocycles. The van der Waals surface area contributed by atoms with E-state index in [2.05, 4.69) is 15.6 Å². The quantitative estimate of drug-likeness (QED) is 0.490. The van der Waals surface area contributed by atoms with E-state index in [9.17, 15) is 4.79 Å². The standard InChI is InChI=1S/C22H21N5O3/c1-27-19(9-11-24-27)17-13-16(7-8-20(17)29-12-10-23)25-22(28)18-14-21(30-26-18)15-5-3-2-4-6-15/h2-9,11,13-14H,10,12,23H2,1H3,(H,25,28). The highest BCUT2D eigenvalue weighted by Crippen LogP contribution is 2.32. The summed E-state index contributed by atoms with van der Waals surface area (Å²) < 4.78 is 12.8. The Hall–Kier alpha value is -3.91. The molecule has 0 unspecified atom stereocenters. The number of nitrogens with two attached hydrogens (primary N) is 1. The van der Waals surface area contributed by atoms with E-state index in [1.165, 1.54) is 0 Å². The number of aromatic nitrogens is 3. The number of anilines is 1. The number of hydrogen-bond donors (Lipinski definition) is 2. The molecule has 1 amide bonds. The van der Waals surface area contributed by atoms with Gasteiger partial charge in [0.2, 0.25) is 0 Å². The number of carbonyl (C=O) groups excluding carboxylic acids is 1. The van der Waals surface area contributed by atoms with Gasteiger partial charge in [0.15, 0.2) is 11.5 Å². The van der Waals surface area contributed by atoms with Gasteiger partial charge in [-0.25, -0.2) is 0 Å². The maximum atomic E-state index is 12.7. The molecule has 152 valence electrons. The number of rotatable bonds is 7. The van der Waals surface area contributed by atoms with Gasteiger partial charge in [-0.1, -0.05) is 35.5 Å². The summed E-state index contributed by atoms with van der Waals surface area (Å²) in [5, 5.41) is 11.0. The Morgan fingerprint density at radius 3 is 2.73 bits per heavy atom. The smallest absolute Gasteiger partial charge is 0.277 e. The maximum Gasteiger partial charge on any atom is 0.277 e. The van der Waals surface area contributed by atoms with Gasteiger partial charge < -0.3 is 20.3 Å². The summed E-state index contributed by atoms with van der Waals surface area (Å²) in [6.07, 6.45) is 1.70. The van der Waals surface area contributed by atoms with E-state index in [4.69, 9.17) is 15.0 Å². The van der Waals surface area contributed by atoms with Gasteiger partial charge in [-0.3, -0.25) is 9.48 Å². The molecule has 3 N–H and O–H groups in total. The second-order valence-electron chi connectivity index (χ2n) is 6.58. The van der Waals surface area contributed by atoms with Crippen molar-refractivity contribution in [3.8, 4) is 28.3 Å². The fraction of sp³-hybridized carbons (Fsp3) is 0.136. The van der Waals surface area contributed by atoms with E-state index < -0.39 is 0 Å². The lowest BCUT2D eigenvalue weighted by Gasteiger charge is -2.13. The van der Waals surface area contributed by atoms with E-state index >= 15 is 0 Å². The predicted octanol–water partition coefficient (Wildman–Crippen LogP) is 3.33. The van der Waals surface area contributed by atoms with Crippen LogP contribution in [-0.4, -0.2) is 34.0 Å². The third-order valence-corrected chi connectivity index (χ3v) is 4.51. The van der Waals surface area contributed by atoms with Crippen LogP contribution in [0.1, 0.15) is 10.5 Å². The van der Waals surface area contributed by atoms with Crippen LogP contribution in [0.4, 0.5) is 5.69 Å². The zero-order chi connectivity index (χ0) is 20.9. The number of aryl methyl sites for hydroxylation is 1. The number of nitrogens with zero attached hydrogens (tertiary/aromatic N) is 3. The minimum Gasteiger partial charge on any atom is -0.492 e. The molecule has 2 heterocycles. The molecule has 0 saturated heterocycles. The topological polar surface area (TPSA) is 108 Å². The number of nitrogens with one attached hydrogen (secondary N) is 1. The third-order valence-electron chi connectivity index (χ3n) is 4.51. The van der Waals surface area contributed by atoms with Crippen molar-refractivity contribution in [2.24, 2.45) is 12.8 Å².